The van der Waals surface area contributed by atoms with Crippen LogP contribution in [0.15, 0.2) is 0 Å². The number of hydrogen-bond acceptors (Lipinski definition) is 4. The van der Waals surface area contributed by atoms with E-state index in [-0.39, 0.29) is 17.9 Å². The molecule has 5 heteroatoms. The minimum atomic E-state index is 0.183. The van der Waals surface area contributed by atoms with Crippen LogP contribution < -0.4 is 0 Å². The van der Waals surface area contributed by atoms with Crippen molar-refractivity contribution in [2.45, 2.75) is 50.7 Å². The van der Waals surface area contributed by atoms with E-state index in [1.807, 2.05) is 0 Å². The van der Waals surface area contributed by atoms with Crippen molar-refractivity contribution in [3.05, 3.63) is 0 Å². The van der Waals surface area contributed by atoms with Crippen molar-refractivity contribution in [2.75, 3.05) is 32.8 Å². The van der Waals surface area contributed by atoms with Crippen LogP contribution in [-0.2, 0) is 9.53 Å². The van der Waals surface area contributed by atoms with E-state index in [9.17, 15) is 4.79 Å². The molecule has 2 saturated heterocycles. The first-order chi connectivity index (χ1) is 10.3. The van der Waals surface area contributed by atoms with Crippen LogP contribution in [0.25, 0.3) is 0 Å². The Hall–Kier alpha value is -1.12. The number of carbonyl (C=O) groups excluding carboxylic acids is 1. The van der Waals surface area contributed by atoms with Crippen molar-refractivity contribution in [3.8, 4) is 6.07 Å². The first kappa shape index (κ1) is 14.8. The van der Waals surface area contributed by atoms with Gasteiger partial charge in [0.1, 0.15) is 0 Å². The molecule has 0 N–H and O–H groups in total. The molecule has 2 heterocycles. The Morgan fingerprint density at radius 2 is 1.90 bits per heavy atom. The lowest BCUT2D eigenvalue weighted by Gasteiger charge is -2.44. The Bertz CT molecular complexity index is 410. The molecule has 21 heavy (non-hydrogen) atoms. The molecule has 2 atom stereocenters. The maximum absolute atomic E-state index is 12.6. The summed E-state index contributed by atoms with van der Waals surface area (Å²) in [6.07, 6.45) is 6.69. The summed E-state index contributed by atoms with van der Waals surface area (Å²) in [4.78, 5) is 16.9. The summed E-state index contributed by atoms with van der Waals surface area (Å²) in [5.41, 5.74) is 0. The molecular formula is C16H25N3O2. The number of amides is 1. The van der Waals surface area contributed by atoms with Crippen LogP contribution in [0, 0.1) is 17.2 Å². The molecule has 5 nitrogen and oxygen atoms in total. The van der Waals surface area contributed by atoms with E-state index in [4.69, 9.17) is 10.00 Å². The summed E-state index contributed by atoms with van der Waals surface area (Å²) in [7, 11) is 0. The quantitative estimate of drug-likeness (QED) is 0.771. The van der Waals surface area contributed by atoms with Crippen molar-refractivity contribution in [2.24, 2.45) is 5.92 Å². The molecule has 0 aromatic heterocycles. The van der Waals surface area contributed by atoms with Gasteiger partial charge in [-0.1, -0.05) is 12.8 Å². The van der Waals surface area contributed by atoms with Gasteiger partial charge in [0, 0.05) is 12.5 Å². The predicted octanol–water partition coefficient (Wildman–Crippen LogP) is 1.39. The zero-order valence-electron chi connectivity index (χ0n) is 12.7. The number of likely N-dealkylation sites (tertiary alicyclic amines) is 1. The van der Waals surface area contributed by atoms with E-state index in [0.29, 0.717) is 19.2 Å². The Morgan fingerprint density at radius 3 is 2.67 bits per heavy atom. The zero-order chi connectivity index (χ0) is 14.7. The number of nitrogens with zero attached hydrogens (tertiary/aromatic N) is 3. The van der Waals surface area contributed by atoms with Crippen LogP contribution >= 0.6 is 0 Å². The standard InChI is InChI=1S/C16H25N3O2/c17-11-13-5-7-18(8-6-13)12-16(20)19-9-10-21-15-4-2-1-3-14(15)19/h13-15H,1-10,12H2. The summed E-state index contributed by atoms with van der Waals surface area (Å²) in [6, 6.07) is 2.64. The lowest BCUT2D eigenvalue weighted by molar-refractivity contribution is -0.150. The normalized spacial score (nSPS) is 31.5. The summed E-state index contributed by atoms with van der Waals surface area (Å²) in [6.45, 7) is 3.70. The second-order valence-corrected chi connectivity index (χ2v) is 6.53. The monoisotopic (exact) mass is 291 g/mol. The maximum atomic E-state index is 12.6. The largest absolute Gasteiger partial charge is 0.374 e. The fourth-order valence-electron chi connectivity index (χ4n) is 3.91. The molecule has 0 bridgehead atoms. The molecule has 0 aromatic rings. The van der Waals surface area contributed by atoms with Crippen LogP contribution in [0.1, 0.15) is 38.5 Å². The maximum Gasteiger partial charge on any atom is 0.237 e. The van der Waals surface area contributed by atoms with Gasteiger partial charge < -0.3 is 9.64 Å². The fraction of sp³-hybridized carbons (Fsp3) is 0.875. The van der Waals surface area contributed by atoms with Gasteiger partial charge in [-0.05, 0) is 38.8 Å². The minimum absolute atomic E-state index is 0.183. The highest BCUT2D eigenvalue weighted by atomic mass is 16.5. The number of hydrogen-bond donors (Lipinski definition) is 0. The first-order valence-electron chi connectivity index (χ1n) is 8.31. The van der Waals surface area contributed by atoms with E-state index in [2.05, 4.69) is 15.9 Å². The smallest absolute Gasteiger partial charge is 0.237 e. The first-order valence-corrected chi connectivity index (χ1v) is 8.31. The predicted molar refractivity (Wildman–Crippen MR) is 78.5 cm³/mol. The number of carbonyl (C=O) groups is 1. The van der Waals surface area contributed by atoms with E-state index < -0.39 is 0 Å². The third kappa shape index (κ3) is 3.38. The highest BCUT2D eigenvalue weighted by Crippen LogP contribution is 2.28. The van der Waals surface area contributed by atoms with Crippen LogP contribution in [0.3, 0.4) is 0 Å². The van der Waals surface area contributed by atoms with E-state index in [0.717, 1.165) is 45.3 Å². The van der Waals surface area contributed by atoms with Gasteiger partial charge in [-0.15, -0.1) is 0 Å². The van der Waals surface area contributed by atoms with Gasteiger partial charge in [0.25, 0.3) is 0 Å². The molecule has 3 aliphatic rings. The third-order valence-corrected chi connectivity index (χ3v) is 5.18. The van der Waals surface area contributed by atoms with Crippen LogP contribution in [0.4, 0.5) is 0 Å². The Morgan fingerprint density at radius 1 is 1.14 bits per heavy atom. The van der Waals surface area contributed by atoms with Gasteiger partial charge in [0.2, 0.25) is 5.91 Å². The molecule has 3 rings (SSSR count). The highest BCUT2D eigenvalue weighted by molar-refractivity contribution is 5.78. The third-order valence-electron chi connectivity index (χ3n) is 5.18. The summed E-state index contributed by atoms with van der Waals surface area (Å²) < 4.78 is 5.84. The molecular weight excluding hydrogens is 266 g/mol. The molecule has 1 aliphatic carbocycles. The average Bonchev–Trinajstić information content (AvgIpc) is 2.55. The van der Waals surface area contributed by atoms with Gasteiger partial charge in [-0.3, -0.25) is 9.69 Å². The number of nitriles is 1. The molecule has 3 fully saturated rings. The van der Waals surface area contributed by atoms with E-state index in [1.54, 1.807) is 0 Å². The average molecular weight is 291 g/mol. The second-order valence-electron chi connectivity index (χ2n) is 6.53. The van der Waals surface area contributed by atoms with Crippen molar-refractivity contribution >= 4 is 5.91 Å². The van der Waals surface area contributed by atoms with E-state index >= 15 is 0 Å². The SMILES string of the molecule is N#CC1CCN(CC(=O)N2CCOC3CCCCC32)CC1. The number of rotatable bonds is 2. The van der Waals surface area contributed by atoms with Gasteiger partial charge in [-0.2, -0.15) is 5.26 Å². The van der Waals surface area contributed by atoms with Crippen LogP contribution in [-0.4, -0.2) is 60.6 Å². The number of piperidine rings is 1. The number of fused-ring (bicyclic) bond motifs is 1. The molecule has 0 radical (unpaired) electrons. The van der Waals surface area contributed by atoms with Crippen molar-refractivity contribution < 1.29 is 9.53 Å². The molecule has 116 valence electrons. The van der Waals surface area contributed by atoms with Gasteiger partial charge in [0.05, 0.1) is 31.4 Å². The van der Waals surface area contributed by atoms with Crippen molar-refractivity contribution in [3.63, 3.8) is 0 Å². The number of ether oxygens (including phenoxy) is 1. The Labute approximate surface area is 126 Å². The lowest BCUT2D eigenvalue weighted by Crippen LogP contribution is -2.57. The van der Waals surface area contributed by atoms with Crippen LogP contribution in [0.5, 0.6) is 0 Å². The van der Waals surface area contributed by atoms with E-state index in [1.165, 1.54) is 12.8 Å². The lowest BCUT2D eigenvalue weighted by atomic mass is 9.90. The molecule has 2 unspecified atom stereocenters. The minimum Gasteiger partial charge on any atom is -0.374 e. The molecule has 1 amide bonds. The summed E-state index contributed by atoms with van der Waals surface area (Å²) in [5, 5.41) is 8.93. The fourth-order valence-corrected chi connectivity index (χ4v) is 3.91. The summed E-state index contributed by atoms with van der Waals surface area (Å²) >= 11 is 0. The van der Waals surface area contributed by atoms with Gasteiger partial charge in [-0.25, -0.2) is 0 Å². The Balaban J connectivity index is 1.54. The van der Waals surface area contributed by atoms with Crippen molar-refractivity contribution in [1.29, 1.82) is 5.26 Å². The number of morpholine rings is 1. The van der Waals surface area contributed by atoms with Crippen molar-refractivity contribution in [1.82, 2.24) is 9.80 Å². The molecule has 2 aliphatic heterocycles. The zero-order valence-corrected chi connectivity index (χ0v) is 12.7. The highest BCUT2D eigenvalue weighted by Gasteiger charge is 2.37. The molecule has 0 spiro atoms. The Kier molecular flexibility index (Phi) is 4.77. The second kappa shape index (κ2) is 6.76. The van der Waals surface area contributed by atoms with Gasteiger partial charge in [0.15, 0.2) is 0 Å². The molecule has 0 aromatic carbocycles. The van der Waals surface area contributed by atoms with Crippen LogP contribution in [0.2, 0.25) is 0 Å². The topological polar surface area (TPSA) is 56.6 Å². The molecule has 1 saturated carbocycles. The van der Waals surface area contributed by atoms with Gasteiger partial charge >= 0.3 is 0 Å². The summed E-state index contributed by atoms with van der Waals surface area (Å²) in [5.74, 6) is 0.438.